The molecule has 5 nitrogen and oxygen atoms in total. The van der Waals surface area contributed by atoms with Crippen molar-refractivity contribution in [3.63, 3.8) is 0 Å². The second kappa shape index (κ2) is 7.83. The van der Waals surface area contributed by atoms with Crippen molar-refractivity contribution in [2.75, 3.05) is 39.5 Å². The molecule has 24 heavy (non-hydrogen) atoms. The number of morpholine rings is 1. The van der Waals surface area contributed by atoms with E-state index in [0.29, 0.717) is 18.9 Å². The fraction of sp³-hybridized carbons (Fsp3) is 0.471. The second-order valence-electron chi connectivity index (χ2n) is 5.79. The molecule has 1 aliphatic rings. The third-order valence-electron chi connectivity index (χ3n) is 3.99. The van der Waals surface area contributed by atoms with Gasteiger partial charge in [0.1, 0.15) is 0 Å². The zero-order valence-electron chi connectivity index (χ0n) is 13.7. The van der Waals surface area contributed by atoms with Crippen molar-refractivity contribution in [3.05, 3.63) is 47.3 Å². The molecule has 0 radical (unpaired) electrons. The van der Waals surface area contributed by atoms with Crippen molar-refractivity contribution in [1.29, 1.82) is 0 Å². The van der Waals surface area contributed by atoms with Gasteiger partial charge in [0.05, 0.1) is 37.8 Å². The summed E-state index contributed by atoms with van der Waals surface area (Å²) >= 11 is 0. The number of ether oxygens (including phenoxy) is 2. The maximum atomic E-state index is 13.4. The molecule has 7 heteroatoms. The van der Waals surface area contributed by atoms with Gasteiger partial charge in [-0.3, -0.25) is 4.90 Å². The standard InChI is InChI=1S/C17H21F2N3O2/c1-13-10-14(12-24-9-6-21-4-7-23-8-5-21)20-22(13)15-2-3-16(18)17(19)11-15/h2-3,10-11H,4-9,12H2,1H3. The van der Waals surface area contributed by atoms with E-state index < -0.39 is 11.6 Å². The Morgan fingerprint density at radius 1 is 1.17 bits per heavy atom. The van der Waals surface area contributed by atoms with E-state index in [1.54, 1.807) is 4.68 Å². The molecule has 1 aliphatic heterocycles. The summed E-state index contributed by atoms with van der Waals surface area (Å²) in [4.78, 5) is 2.30. The van der Waals surface area contributed by atoms with Gasteiger partial charge in [-0.2, -0.15) is 5.10 Å². The lowest BCUT2D eigenvalue weighted by atomic mass is 10.3. The fourth-order valence-electron chi connectivity index (χ4n) is 2.68. The number of aryl methyl sites for hydroxylation is 1. The molecule has 3 rings (SSSR count). The van der Waals surface area contributed by atoms with E-state index in [1.165, 1.54) is 6.07 Å². The molecule has 0 N–H and O–H groups in total. The molecular weight excluding hydrogens is 316 g/mol. The van der Waals surface area contributed by atoms with Crippen LogP contribution in [0.4, 0.5) is 8.78 Å². The Bertz CT molecular complexity index is 684. The van der Waals surface area contributed by atoms with Crippen LogP contribution in [0.5, 0.6) is 0 Å². The van der Waals surface area contributed by atoms with Crippen LogP contribution in [0, 0.1) is 18.6 Å². The summed E-state index contributed by atoms with van der Waals surface area (Å²) in [7, 11) is 0. The van der Waals surface area contributed by atoms with Crippen LogP contribution in [-0.4, -0.2) is 54.1 Å². The van der Waals surface area contributed by atoms with Gasteiger partial charge in [-0.05, 0) is 25.1 Å². The van der Waals surface area contributed by atoms with E-state index in [0.717, 1.165) is 56.4 Å². The zero-order valence-corrected chi connectivity index (χ0v) is 13.7. The summed E-state index contributed by atoms with van der Waals surface area (Å²) in [6, 6.07) is 5.63. The monoisotopic (exact) mass is 337 g/mol. The highest BCUT2D eigenvalue weighted by Gasteiger charge is 2.11. The van der Waals surface area contributed by atoms with Crippen LogP contribution >= 0.6 is 0 Å². The summed E-state index contributed by atoms with van der Waals surface area (Å²) in [5, 5.41) is 4.40. The van der Waals surface area contributed by atoms with Gasteiger partial charge in [-0.1, -0.05) is 0 Å². The van der Waals surface area contributed by atoms with Crippen molar-refractivity contribution >= 4 is 0 Å². The smallest absolute Gasteiger partial charge is 0.160 e. The molecule has 1 aromatic heterocycles. The fourth-order valence-corrected chi connectivity index (χ4v) is 2.68. The second-order valence-corrected chi connectivity index (χ2v) is 5.79. The van der Waals surface area contributed by atoms with Crippen molar-refractivity contribution in [1.82, 2.24) is 14.7 Å². The Morgan fingerprint density at radius 3 is 2.71 bits per heavy atom. The Hall–Kier alpha value is -1.83. The predicted molar refractivity (Wildman–Crippen MR) is 85.1 cm³/mol. The molecule has 1 fully saturated rings. The quantitative estimate of drug-likeness (QED) is 0.759. The first-order valence-corrected chi connectivity index (χ1v) is 8.02. The molecule has 0 unspecified atom stereocenters. The van der Waals surface area contributed by atoms with Gasteiger partial charge in [-0.15, -0.1) is 0 Å². The molecular formula is C17H21F2N3O2. The van der Waals surface area contributed by atoms with Gasteiger partial charge in [-0.25, -0.2) is 13.5 Å². The molecule has 0 amide bonds. The van der Waals surface area contributed by atoms with Crippen molar-refractivity contribution in [2.24, 2.45) is 0 Å². The largest absolute Gasteiger partial charge is 0.379 e. The number of halogens is 2. The van der Waals surface area contributed by atoms with Crippen LogP contribution in [0.1, 0.15) is 11.4 Å². The van der Waals surface area contributed by atoms with Gasteiger partial charge in [0, 0.05) is 31.4 Å². The van der Waals surface area contributed by atoms with E-state index in [2.05, 4.69) is 10.00 Å². The number of hydrogen-bond donors (Lipinski definition) is 0. The maximum absolute atomic E-state index is 13.4. The van der Waals surface area contributed by atoms with Crippen molar-refractivity contribution < 1.29 is 18.3 Å². The summed E-state index contributed by atoms with van der Waals surface area (Å²) < 4.78 is 39.0. The van der Waals surface area contributed by atoms with E-state index in [9.17, 15) is 8.78 Å². The SMILES string of the molecule is Cc1cc(COCCN2CCOCC2)nn1-c1ccc(F)c(F)c1. The Labute approximate surface area is 139 Å². The highest BCUT2D eigenvalue weighted by molar-refractivity contribution is 5.34. The molecule has 2 heterocycles. The number of benzene rings is 1. The molecule has 1 aromatic carbocycles. The van der Waals surface area contributed by atoms with Crippen LogP contribution in [-0.2, 0) is 16.1 Å². The van der Waals surface area contributed by atoms with E-state index in [1.807, 2.05) is 13.0 Å². The first-order valence-electron chi connectivity index (χ1n) is 8.02. The highest BCUT2D eigenvalue weighted by Crippen LogP contribution is 2.16. The van der Waals surface area contributed by atoms with Gasteiger partial charge < -0.3 is 9.47 Å². The summed E-state index contributed by atoms with van der Waals surface area (Å²) in [5.74, 6) is -1.75. The summed E-state index contributed by atoms with van der Waals surface area (Å²) in [6.07, 6.45) is 0. The third-order valence-corrected chi connectivity index (χ3v) is 3.99. The average Bonchev–Trinajstić information content (AvgIpc) is 2.96. The number of aromatic nitrogens is 2. The lowest BCUT2D eigenvalue weighted by molar-refractivity contribution is 0.0176. The minimum Gasteiger partial charge on any atom is -0.379 e. The summed E-state index contributed by atoms with van der Waals surface area (Å²) in [5.41, 5.74) is 2.10. The van der Waals surface area contributed by atoms with Crippen molar-refractivity contribution in [3.8, 4) is 5.69 Å². The molecule has 130 valence electrons. The van der Waals surface area contributed by atoms with E-state index in [-0.39, 0.29) is 0 Å². The van der Waals surface area contributed by atoms with Gasteiger partial charge in [0.15, 0.2) is 11.6 Å². The molecule has 0 aliphatic carbocycles. The minimum absolute atomic E-state index is 0.391. The van der Waals surface area contributed by atoms with Crippen molar-refractivity contribution in [2.45, 2.75) is 13.5 Å². The molecule has 0 saturated carbocycles. The molecule has 0 bridgehead atoms. The maximum Gasteiger partial charge on any atom is 0.160 e. The lowest BCUT2D eigenvalue weighted by Crippen LogP contribution is -2.38. The molecule has 0 atom stereocenters. The highest BCUT2D eigenvalue weighted by atomic mass is 19.2. The normalized spacial score (nSPS) is 15.8. The van der Waals surface area contributed by atoms with Crippen LogP contribution < -0.4 is 0 Å². The Kier molecular flexibility index (Phi) is 5.55. The molecule has 2 aromatic rings. The number of rotatable bonds is 6. The first-order chi connectivity index (χ1) is 11.6. The summed E-state index contributed by atoms with van der Waals surface area (Å²) in [6.45, 7) is 7.17. The lowest BCUT2D eigenvalue weighted by Gasteiger charge is -2.26. The van der Waals surface area contributed by atoms with Gasteiger partial charge >= 0.3 is 0 Å². The zero-order chi connectivity index (χ0) is 16.9. The first kappa shape index (κ1) is 17.0. The average molecular weight is 337 g/mol. The molecule has 0 spiro atoms. The van der Waals surface area contributed by atoms with Crippen LogP contribution in [0.2, 0.25) is 0 Å². The van der Waals surface area contributed by atoms with Crippen LogP contribution in [0.25, 0.3) is 5.69 Å². The topological polar surface area (TPSA) is 39.5 Å². The molecule has 1 saturated heterocycles. The van der Waals surface area contributed by atoms with Gasteiger partial charge in [0.25, 0.3) is 0 Å². The number of hydrogen-bond acceptors (Lipinski definition) is 4. The van der Waals surface area contributed by atoms with E-state index >= 15 is 0 Å². The van der Waals surface area contributed by atoms with Crippen LogP contribution in [0.3, 0.4) is 0 Å². The Morgan fingerprint density at radius 2 is 1.96 bits per heavy atom. The minimum atomic E-state index is -0.884. The Balaban J connectivity index is 1.54. The van der Waals surface area contributed by atoms with Crippen LogP contribution in [0.15, 0.2) is 24.3 Å². The van der Waals surface area contributed by atoms with Gasteiger partial charge in [0.2, 0.25) is 0 Å². The number of nitrogens with zero attached hydrogens (tertiary/aromatic N) is 3. The van der Waals surface area contributed by atoms with E-state index in [4.69, 9.17) is 9.47 Å². The third kappa shape index (κ3) is 4.17. The predicted octanol–water partition coefficient (Wildman–Crippen LogP) is 2.31.